The van der Waals surface area contributed by atoms with Crippen molar-refractivity contribution >= 4 is 27.5 Å². The fourth-order valence-corrected chi connectivity index (χ4v) is 2.00. The first-order valence-electron chi connectivity index (χ1n) is 4.18. The van der Waals surface area contributed by atoms with Crippen LogP contribution in [0.25, 0.3) is 0 Å². The second-order valence-electron chi connectivity index (χ2n) is 3.02. The predicted molar refractivity (Wildman–Crippen MR) is 61.5 cm³/mol. The minimum atomic E-state index is -0.595. The van der Waals surface area contributed by atoms with E-state index in [-0.39, 0.29) is 0 Å². The van der Waals surface area contributed by atoms with Crippen LogP contribution in [-0.4, -0.2) is 17.5 Å². The van der Waals surface area contributed by atoms with E-state index < -0.39 is 6.10 Å². The van der Waals surface area contributed by atoms with Crippen molar-refractivity contribution in [3.63, 3.8) is 0 Å². The summed E-state index contributed by atoms with van der Waals surface area (Å²) < 4.78 is 5.21. The molecule has 0 aliphatic rings. The number of halogens is 2. The van der Waals surface area contributed by atoms with Crippen LogP contribution < -0.4 is 4.74 Å². The van der Waals surface area contributed by atoms with Crippen molar-refractivity contribution in [1.82, 2.24) is 0 Å². The molecule has 0 aliphatic carbocycles. The van der Waals surface area contributed by atoms with E-state index in [0.717, 1.165) is 11.1 Å². The number of ether oxygens (including phenoxy) is 1. The maximum Gasteiger partial charge on any atom is 0.127 e. The Kier molecular flexibility index (Phi) is 4.23. The highest BCUT2D eigenvalue weighted by atomic mass is 79.9. The Bertz CT molecular complexity index is 328. The molecule has 0 aliphatic heterocycles. The lowest BCUT2D eigenvalue weighted by Crippen LogP contribution is -2.03. The number of aliphatic hydroxyl groups is 1. The number of benzene rings is 1. The number of hydrogen-bond donors (Lipinski definition) is 1. The summed E-state index contributed by atoms with van der Waals surface area (Å²) in [6.45, 7) is 1.90. The molecule has 0 bridgehead atoms. The SMILES string of the molecule is COc1c(C)cc(Cl)cc1C(O)CBr. The summed E-state index contributed by atoms with van der Waals surface area (Å²) in [6.07, 6.45) is -0.595. The van der Waals surface area contributed by atoms with Gasteiger partial charge in [0.15, 0.2) is 0 Å². The molecule has 2 nitrogen and oxygen atoms in total. The average molecular weight is 280 g/mol. The number of alkyl halides is 1. The van der Waals surface area contributed by atoms with E-state index >= 15 is 0 Å². The second kappa shape index (κ2) is 5.01. The van der Waals surface area contributed by atoms with Crippen molar-refractivity contribution in [3.8, 4) is 5.75 Å². The topological polar surface area (TPSA) is 29.5 Å². The minimum absolute atomic E-state index is 0.461. The number of hydrogen-bond acceptors (Lipinski definition) is 2. The van der Waals surface area contributed by atoms with E-state index in [2.05, 4.69) is 15.9 Å². The molecule has 78 valence electrons. The zero-order valence-electron chi connectivity index (χ0n) is 8.05. The number of methoxy groups -OCH3 is 1. The van der Waals surface area contributed by atoms with Gasteiger partial charge in [-0.3, -0.25) is 0 Å². The summed E-state index contributed by atoms with van der Waals surface area (Å²) in [5.74, 6) is 0.696. The molecular weight excluding hydrogens is 267 g/mol. The summed E-state index contributed by atoms with van der Waals surface area (Å²) in [4.78, 5) is 0. The van der Waals surface area contributed by atoms with Crippen LogP contribution in [0.1, 0.15) is 17.2 Å². The predicted octanol–water partition coefficient (Wildman–Crippen LogP) is 3.09. The van der Waals surface area contributed by atoms with Gasteiger partial charge in [0, 0.05) is 15.9 Å². The molecule has 14 heavy (non-hydrogen) atoms. The van der Waals surface area contributed by atoms with Crippen LogP contribution in [-0.2, 0) is 0 Å². The number of aryl methyl sites for hydroxylation is 1. The van der Waals surface area contributed by atoms with Gasteiger partial charge in [-0.2, -0.15) is 0 Å². The normalized spacial score (nSPS) is 12.6. The first-order valence-corrected chi connectivity index (χ1v) is 5.68. The van der Waals surface area contributed by atoms with Gasteiger partial charge < -0.3 is 9.84 Å². The molecule has 1 aromatic carbocycles. The zero-order chi connectivity index (χ0) is 10.7. The van der Waals surface area contributed by atoms with Crippen molar-refractivity contribution in [3.05, 3.63) is 28.3 Å². The van der Waals surface area contributed by atoms with Gasteiger partial charge in [0.25, 0.3) is 0 Å². The highest BCUT2D eigenvalue weighted by Gasteiger charge is 2.14. The van der Waals surface area contributed by atoms with Crippen molar-refractivity contribution in [2.75, 3.05) is 12.4 Å². The number of aliphatic hydroxyl groups excluding tert-OH is 1. The molecule has 1 rings (SSSR count). The Morgan fingerprint density at radius 3 is 2.71 bits per heavy atom. The van der Waals surface area contributed by atoms with Crippen LogP contribution in [0.15, 0.2) is 12.1 Å². The van der Waals surface area contributed by atoms with Crippen molar-refractivity contribution in [2.24, 2.45) is 0 Å². The maximum absolute atomic E-state index is 9.70. The minimum Gasteiger partial charge on any atom is -0.496 e. The molecule has 0 saturated carbocycles. The van der Waals surface area contributed by atoms with Crippen LogP contribution in [0.4, 0.5) is 0 Å². The molecule has 0 heterocycles. The molecule has 0 saturated heterocycles. The van der Waals surface area contributed by atoms with E-state index in [4.69, 9.17) is 16.3 Å². The Morgan fingerprint density at radius 1 is 1.57 bits per heavy atom. The van der Waals surface area contributed by atoms with Gasteiger partial charge in [0.05, 0.1) is 13.2 Å². The summed E-state index contributed by atoms with van der Waals surface area (Å²) in [7, 11) is 1.58. The van der Waals surface area contributed by atoms with Crippen molar-refractivity contribution < 1.29 is 9.84 Å². The summed E-state index contributed by atoms with van der Waals surface area (Å²) >= 11 is 9.11. The van der Waals surface area contributed by atoms with E-state index in [1.54, 1.807) is 13.2 Å². The molecule has 1 aromatic rings. The fourth-order valence-electron chi connectivity index (χ4n) is 1.37. The summed E-state index contributed by atoms with van der Waals surface area (Å²) in [5.41, 5.74) is 1.64. The van der Waals surface area contributed by atoms with Gasteiger partial charge in [0.2, 0.25) is 0 Å². The molecule has 0 amide bonds. The third kappa shape index (κ3) is 2.41. The van der Waals surface area contributed by atoms with E-state index in [1.165, 1.54) is 0 Å². The van der Waals surface area contributed by atoms with Gasteiger partial charge in [0.1, 0.15) is 5.75 Å². The lowest BCUT2D eigenvalue weighted by atomic mass is 10.1. The lowest BCUT2D eigenvalue weighted by Gasteiger charge is -2.15. The Hall–Kier alpha value is -0.250. The van der Waals surface area contributed by atoms with E-state index in [9.17, 15) is 5.11 Å². The van der Waals surface area contributed by atoms with Crippen LogP contribution in [0, 0.1) is 6.92 Å². The molecule has 1 atom stereocenters. The quantitative estimate of drug-likeness (QED) is 0.862. The standard InChI is InChI=1S/C10H12BrClO2/c1-6-3-7(12)4-8(9(13)5-11)10(6)14-2/h3-4,9,13H,5H2,1-2H3. The first kappa shape index (κ1) is 11.8. The summed E-state index contributed by atoms with van der Waals surface area (Å²) in [6, 6.07) is 3.53. The summed E-state index contributed by atoms with van der Waals surface area (Å²) in [5, 5.41) is 10.8. The van der Waals surface area contributed by atoms with Gasteiger partial charge in [-0.25, -0.2) is 0 Å². The van der Waals surface area contributed by atoms with E-state index in [0.29, 0.717) is 16.1 Å². The number of rotatable bonds is 3. The maximum atomic E-state index is 9.70. The zero-order valence-corrected chi connectivity index (χ0v) is 10.4. The molecular formula is C10H12BrClO2. The highest BCUT2D eigenvalue weighted by molar-refractivity contribution is 9.09. The molecule has 1 unspecified atom stereocenters. The first-order chi connectivity index (χ1) is 6.60. The van der Waals surface area contributed by atoms with Crippen molar-refractivity contribution in [1.29, 1.82) is 0 Å². The van der Waals surface area contributed by atoms with Crippen LogP contribution in [0.2, 0.25) is 5.02 Å². The van der Waals surface area contributed by atoms with Crippen LogP contribution >= 0.6 is 27.5 Å². The third-order valence-corrected chi connectivity index (χ3v) is 2.81. The molecule has 0 spiro atoms. The smallest absolute Gasteiger partial charge is 0.127 e. The lowest BCUT2D eigenvalue weighted by molar-refractivity contribution is 0.200. The second-order valence-corrected chi connectivity index (χ2v) is 4.10. The Labute approximate surface area is 97.0 Å². The Morgan fingerprint density at radius 2 is 2.21 bits per heavy atom. The van der Waals surface area contributed by atoms with Gasteiger partial charge in [-0.05, 0) is 24.6 Å². The third-order valence-electron chi connectivity index (χ3n) is 1.98. The molecule has 4 heteroatoms. The average Bonchev–Trinajstić information content (AvgIpc) is 2.15. The van der Waals surface area contributed by atoms with Crippen molar-refractivity contribution in [2.45, 2.75) is 13.0 Å². The fraction of sp³-hybridized carbons (Fsp3) is 0.400. The molecule has 0 radical (unpaired) electrons. The van der Waals surface area contributed by atoms with Gasteiger partial charge in [-0.15, -0.1) is 0 Å². The van der Waals surface area contributed by atoms with Crippen LogP contribution in [0.3, 0.4) is 0 Å². The largest absolute Gasteiger partial charge is 0.496 e. The molecule has 0 aromatic heterocycles. The monoisotopic (exact) mass is 278 g/mol. The molecule has 0 fully saturated rings. The molecule has 1 N–H and O–H groups in total. The van der Waals surface area contributed by atoms with E-state index in [1.807, 2.05) is 13.0 Å². The van der Waals surface area contributed by atoms with Gasteiger partial charge >= 0.3 is 0 Å². The van der Waals surface area contributed by atoms with Gasteiger partial charge in [-0.1, -0.05) is 27.5 Å². The highest BCUT2D eigenvalue weighted by Crippen LogP contribution is 2.32. The Balaban J connectivity index is 3.24. The van der Waals surface area contributed by atoms with Crippen LogP contribution in [0.5, 0.6) is 5.75 Å².